The topological polar surface area (TPSA) is 70.7 Å². The summed E-state index contributed by atoms with van der Waals surface area (Å²) in [5.41, 5.74) is 0.866. The third-order valence-electron chi connectivity index (χ3n) is 4.25. The van der Waals surface area contributed by atoms with Gasteiger partial charge >= 0.3 is 5.97 Å². The van der Waals surface area contributed by atoms with E-state index in [2.05, 4.69) is 42.5 Å². The molecule has 11 heteroatoms. The second-order valence-electron chi connectivity index (χ2n) is 6.05. The molecule has 30 heavy (non-hydrogen) atoms. The van der Waals surface area contributed by atoms with Crippen molar-refractivity contribution >= 4 is 83.1 Å². The number of thiocarbonyl (C=S) groups is 1. The van der Waals surface area contributed by atoms with E-state index in [9.17, 15) is 14.0 Å². The van der Waals surface area contributed by atoms with Crippen LogP contribution in [0.1, 0.15) is 39.4 Å². The first kappa shape index (κ1) is 24.7. The van der Waals surface area contributed by atoms with Gasteiger partial charge in [-0.3, -0.25) is 4.79 Å². The lowest BCUT2D eigenvalue weighted by molar-refractivity contribution is 0.0601. The molecule has 0 spiro atoms. The van der Waals surface area contributed by atoms with Crippen molar-refractivity contribution in [1.29, 1.82) is 0 Å². The average Bonchev–Trinajstić information content (AvgIpc) is 3.00. The fourth-order valence-electron chi connectivity index (χ4n) is 2.72. The molecule has 2 rings (SSSR count). The molecule has 0 aliphatic rings. The van der Waals surface area contributed by atoms with Gasteiger partial charge in [-0.1, -0.05) is 15.9 Å². The van der Waals surface area contributed by atoms with Crippen molar-refractivity contribution in [3.8, 4) is 0 Å². The highest BCUT2D eigenvalue weighted by atomic mass is 79.9. The van der Waals surface area contributed by atoms with Gasteiger partial charge in [-0.2, -0.15) is 0 Å². The summed E-state index contributed by atoms with van der Waals surface area (Å²) in [6.07, 6.45) is 0. The zero-order chi connectivity index (χ0) is 22.6. The van der Waals surface area contributed by atoms with Gasteiger partial charge in [0.1, 0.15) is 10.8 Å². The normalized spacial score (nSPS) is 10.5. The number of carbonyl (C=O) groups excluding carboxylic acids is 2. The molecule has 0 saturated heterocycles. The molecule has 2 N–H and O–H groups in total. The van der Waals surface area contributed by atoms with Gasteiger partial charge in [-0.15, -0.1) is 11.3 Å². The van der Waals surface area contributed by atoms with Crippen molar-refractivity contribution in [2.75, 3.05) is 30.8 Å². The van der Waals surface area contributed by atoms with Gasteiger partial charge in [0.15, 0.2) is 5.11 Å². The highest BCUT2D eigenvalue weighted by Gasteiger charge is 2.27. The lowest BCUT2D eigenvalue weighted by Crippen LogP contribution is -2.30. The molecule has 1 amide bonds. The molecule has 1 aromatic heterocycles. The van der Waals surface area contributed by atoms with Crippen LogP contribution in [0.4, 0.5) is 15.1 Å². The molecule has 0 unspecified atom stereocenters. The quantitative estimate of drug-likeness (QED) is 0.332. The number of halogens is 3. The first-order valence-electron chi connectivity index (χ1n) is 8.87. The Kier molecular flexibility index (Phi) is 8.77. The van der Waals surface area contributed by atoms with Crippen LogP contribution in [0.5, 0.6) is 0 Å². The fourth-order valence-corrected chi connectivity index (χ4v) is 5.43. The standard InChI is InChI=1S/C19H20Br2FN3O3S2/c1-5-25(6-2)17(26)15-9(3)13(18(27)28-4)16(30-15)24-19(29)23-14-11(21)7-10(20)8-12(14)22/h7-8H,5-6H2,1-4H3,(H2,23,24,29). The van der Waals surface area contributed by atoms with E-state index < -0.39 is 11.8 Å². The van der Waals surface area contributed by atoms with Gasteiger partial charge in [-0.05, 0) is 66.6 Å². The molecule has 0 atom stereocenters. The Morgan fingerprint density at radius 2 is 1.87 bits per heavy atom. The van der Waals surface area contributed by atoms with Crippen LogP contribution in [0.3, 0.4) is 0 Å². The highest BCUT2D eigenvalue weighted by molar-refractivity contribution is 9.11. The largest absolute Gasteiger partial charge is 0.465 e. The lowest BCUT2D eigenvalue weighted by atomic mass is 10.1. The molecule has 0 aliphatic heterocycles. The Balaban J connectivity index is 2.38. The lowest BCUT2D eigenvalue weighted by Gasteiger charge is -2.18. The maximum Gasteiger partial charge on any atom is 0.341 e. The van der Waals surface area contributed by atoms with Crippen LogP contribution < -0.4 is 10.6 Å². The number of nitrogens with one attached hydrogen (secondary N) is 2. The zero-order valence-electron chi connectivity index (χ0n) is 16.7. The van der Waals surface area contributed by atoms with Gasteiger partial charge in [0.25, 0.3) is 5.91 Å². The molecule has 2 aromatic rings. The van der Waals surface area contributed by atoms with Crippen LogP contribution in [0.2, 0.25) is 0 Å². The van der Waals surface area contributed by atoms with Crippen LogP contribution in [-0.4, -0.2) is 42.1 Å². The smallest absolute Gasteiger partial charge is 0.341 e. The van der Waals surface area contributed by atoms with Gasteiger partial charge in [0.05, 0.1) is 23.2 Å². The maximum absolute atomic E-state index is 14.3. The number of anilines is 2. The van der Waals surface area contributed by atoms with E-state index in [4.69, 9.17) is 17.0 Å². The number of methoxy groups -OCH3 is 1. The monoisotopic (exact) mass is 579 g/mol. The van der Waals surface area contributed by atoms with Crippen LogP contribution in [-0.2, 0) is 4.74 Å². The second kappa shape index (κ2) is 10.7. The second-order valence-corrected chi connectivity index (χ2v) is 9.25. The predicted molar refractivity (Wildman–Crippen MR) is 129 cm³/mol. The molecule has 6 nitrogen and oxygen atoms in total. The maximum atomic E-state index is 14.3. The van der Waals surface area contributed by atoms with E-state index in [1.807, 2.05) is 13.8 Å². The van der Waals surface area contributed by atoms with E-state index in [0.717, 1.165) is 11.3 Å². The number of rotatable bonds is 6. The van der Waals surface area contributed by atoms with Gasteiger partial charge in [-0.25, -0.2) is 9.18 Å². The third kappa shape index (κ3) is 5.37. The number of hydrogen-bond donors (Lipinski definition) is 2. The molecule has 0 fully saturated rings. The van der Waals surface area contributed by atoms with E-state index in [1.165, 1.54) is 13.2 Å². The summed E-state index contributed by atoms with van der Waals surface area (Å²) in [5, 5.41) is 6.09. The number of benzene rings is 1. The molecule has 0 saturated carbocycles. The van der Waals surface area contributed by atoms with Gasteiger partial charge < -0.3 is 20.3 Å². The number of nitrogens with zero attached hydrogens (tertiary/aromatic N) is 1. The minimum atomic E-state index is -0.594. The van der Waals surface area contributed by atoms with Gasteiger partial charge in [0.2, 0.25) is 0 Å². The number of esters is 1. The SMILES string of the molecule is CCN(CC)C(=O)c1sc(NC(=S)Nc2c(F)cc(Br)cc2Br)c(C(=O)OC)c1C. The summed E-state index contributed by atoms with van der Waals surface area (Å²) in [4.78, 5) is 27.3. The molecule has 1 heterocycles. The Morgan fingerprint density at radius 3 is 2.40 bits per heavy atom. The van der Waals surface area contributed by atoms with Crippen LogP contribution in [0.15, 0.2) is 21.1 Å². The van der Waals surface area contributed by atoms with Crippen molar-refractivity contribution in [2.24, 2.45) is 0 Å². The molecular formula is C19H20Br2FN3O3S2. The molecule has 0 radical (unpaired) electrons. The predicted octanol–water partition coefficient (Wildman–Crippen LogP) is 5.80. The molecule has 0 aliphatic carbocycles. The Hall–Kier alpha value is -1.56. The zero-order valence-corrected chi connectivity index (χ0v) is 21.5. The molecule has 0 bridgehead atoms. The fraction of sp³-hybridized carbons (Fsp3) is 0.316. The van der Waals surface area contributed by atoms with Crippen molar-refractivity contribution in [3.63, 3.8) is 0 Å². The third-order valence-corrected chi connectivity index (χ3v) is 6.74. The Labute approximate surface area is 200 Å². The minimum Gasteiger partial charge on any atom is -0.465 e. The van der Waals surface area contributed by atoms with Crippen molar-refractivity contribution in [3.05, 3.63) is 42.9 Å². The van der Waals surface area contributed by atoms with Crippen LogP contribution in [0, 0.1) is 12.7 Å². The number of carbonyl (C=O) groups is 2. The average molecular weight is 581 g/mol. The van der Waals surface area contributed by atoms with E-state index in [0.29, 0.717) is 37.5 Å². The minimum absolute atomic E-state index is 0.0603. The number of thiophene rings is 1. The Morgan fingerprint density at radius 1 is 1.23 bits per heavy atom. The summed E-state index contributed by atoms with van der Waals surface area (Å²) < 4.78 is 20.2. The van der Waals surface area contributed by atoms with Gasteiger partial charge in [0, 0.05) is 22.0 Å². The van der Waals surface area contributed by atoms with Crippen molar-refractivity contribution in [1.82, 2.24) is 4.90 Å². The van der Waals surface area contributed by atoms with Crippen molar-refractivity contribution in [2.45, 2.75) is 20.8 Å². The number of amides is 1. The first-order valence-corrected chi connectivity index (χ1v) is 11.7. The van der Waals surface area contributed by atoms with Crippen molar-refractivity contribution < 1.29 is 18.7 Å². The molecule has 1 aromatic carbocycles. The first-order chi connectivity index (χ1) is 14.1. The van der Waals surface area contributed by atoms with Crippen LogP contribution >= 0.6 is 55.4 Å². The van der Waals surface area contributed by atoms with E-state index >= 15 is 0 Å². The van der Waals surface area contributed by atoms with E-state index in [-0.39, 0.29) is 22.3 Å². The summed E-state index contributed by atoms with van der Waals surface area (Å²) in [6, 6.07) is 2.97. The molecular weight excluding hydrogens is 561 g/mol. The summed E-state index contributed by atoms with van der Waals surface area (Å²) in [7, 11) is 1.26. The summed E-state index contributed by atoms with van der Waals surface area (Å²) in [6.45, 7) is 6.54. The highest BCUT2D eigenvalue weighted by Crippen LogP contribution is 2.35. The molecule has 162 valence electrons. The van der Waals surface area contributed by atoms with Crippen LogP contribution in [0.25, 0.3) is 0 Å². The Bertz CT molecular complexity index is 971. The number of hydrogen-bond acceptors (Lipinski definition) is 5. The van der Waals surface area contributed by atoms with E-state index in [1.54, 1.807) is 17.9 Å². The number of ether oxygens (including phenoxy) is 1. The summed E-state index contributed by atoms with van der Waals surface area (Å²) in [5.74, 6) is -1.29. The summed E-state index contributed by atoms with van der Waals surface area (Å²) >= 11 is 12.9.